The Balaban J connectivity index is 2.64. The van der Waals surface area contributed by atoms with E-state index in [1.807, 2.05) is 0 Å². The van der Waals surface area contributed by atoms with Crippen molar-refractivity contribution < 1.29 is 0 Å². The molecular weight excluding hydrogens is 356 g/mol. The van der Waals surface area contributed by atoms with Crippen LogP contribution in [0, 0.1) is 27.7 Å². The molecule has 2 aromatic carbocycles. The number of hydrogen-bond donors (Lipinski definition) is 0. The normalized spacial score (nSPS) is 10.6. The van der Waals surface area contributed by atoms with Crippen LogP contribution in [0.5, 0.6) is 0 Å². The van der Waals surface area contributed by atoms with E-state index in [1.165, 1.54) is 38.0 Å². The molecule has 1 nitrogen and oxygen atoms in total. The van der Waals surface area contributed by atoms with Crippen LogP contribution in [0.2, 0.25) is 0 Å². The van der Waals surface area contributed by atoms with E-state index in [1.54, 1.807) is 33.9 Å². The minimum absolute atomic E-state index is 1.27. The first kappa shape index (κ1) is 14.8. The van der Waals surface area contributed by atoms with E-state index in [0.29, 0.717) is 0 Å². The Morgan fingerprint density at radius 3 is 1.89 bits per heavy atom. The second-order valence-corrected chi connectivity index (χ2v) is 7.26. The molecular formula is C16H21As2N. The van der Waals surface area contributed by atoms with Gasteiger partial charge in [0.1, 0.15) is 0 Å². The molecule has 0 heterocycles. The van der Waals surface area contributed by atoms with Crippen LogP contribution in [0.15, 0.2) is 30.3 Å². The number of nitrogens with zero attached hydrogens (tertiary/aromatic N) is 1. The Kier molecular flexibility index (Phi) is 4.49. The zero-order valence-electron chi connectivity index (χ0n) is 12.0. The topological polar surface area (TPSA) is 3.24 Å². The van der Waals surface area contributed by atoms with Crippen molar-refractivity contribution in [2.45, 2.75) is 27.7 Å². The van der Waals surface area contributed by atoms with Gasteiger partial charge in [-0.25, -0.2) is 0 Å². The summed E-state index contributed by atoms with van der Waals surface area (Å²) >= 11 is 3.36. The molecule has 0 bridgehead atoms. The minimum atomic E-state index is 1.27. The van der Waals surface area contributed by atoms with Gasteiger partial charge in [0.05, 0.1) is 0 Å². The fourth-order valence-corrected chi connectivity index (χ4v) is 5.27. The molecule has 0 aliphatic rings. The number of hydrogen-bond acceptors (Lipinski definition) is 1. The van der Waals surface area contributed by atoms with Crippen LogP contribution in [-0.4, -0.2) is 33.9 Å². The van der Waals surface area contributed by atoms with E-state index >= 15 is 0 Å². The summed E-state index contributed by atoms with van der Waals surface area (Å²) in [5.41, 5.74) is 8.38. The average Bonchev–Trinajstić information content (AvgIpc) is 2.44. The first-order valence-electron chi connectivity index (χ1n) is 6.40. The van der Waals surface area contributed by atoms with Gasteiger partial charge >= 0.3 is 134 Å². The maximum absolute atomic E-state index is 2.37. The van der Waals surface area contributed by atoms with Gasteiger partial charge < -0.3 is 0 Å². The van der Waals surface area contributed by atoms with E-state index in [0.717, 1.165) is 0 Å². The Morgan fingerprint density at radius 1 is 0.789 bits per heavy atom. The van der Waals surface area contributed by atoms with Crippen molar-refractivity contribution in [2.75, 3.05) is 3.82 Å². The summed E-state index contributed by atoms with van der Waals surface area (Å²) in [5.74, 6) is 0. The third-order valence-electron chi connectivity index (χ3n) is 3.98. The number of rotatable bonds is 2. The van der Waals surface area contributed by atoms with E-state index < -0.39 is 0 Å². The SMILES string of the molecule is Cc1c(C)c(C)c(N([AsH2])c2ccccc2)c([AsH2])c1C. The summed E-state index contributed by atoms with van der Waals surface area (Å²) in [6, 6.07) is 10.6. The zero-order chi connectivity index (χ0) is 14.2. The van der Waals surface area contributed by atoms with Crippen molar-refractivity contribution in [3.63, 3.8) is 0 Å². The van der Waals surface area contributed by atoms with Crippen LogP contribution in [0.25, 0.3) is 0 Å². The van der Waals surface area contributed by atoms with Crippen molar-refractivity contribution in [2.24, 2.45) is 0 Å². The average molecular weight is 377 g/mol. The molecule has 2 unspecified atom stereocenters. The van der Waals surface area contributed by atoms with E-state index in [4.69, 9.17) is 0 Å². The molecule has 0 radical (unpaired) electrons. The van der Waals surface area contributed by atoms with E-state index in [9.17, 15) is 0 Å². The molecule has 0 aliphatic heterocycles. The first-order valence-corrected chi connectivity index (χ1v) is 8.70. The summed E-state index contributed by atoms with van der Waals surface area (Å²) in [7, 11) is 0. The molecule has 3 heteroatoms. The molecule has 100 valence electrons. The zero-order valence-corrected chi connectivity index (χ0v) is 16.8. The van der Waals surface area contributed by atoms with Gasteiger partial charge in [0.2, 0.25) is 0 Å². The summed E-state index contributed by atoms with van der Waals surface area (Å²) in [4.78, 5) is 0. The quantitative estimate of drug-likeness (QED) is 0.723. The predicted octanol–water partition coefficient (Wildman–Crippen LogP) is 1.86. The molecule has 2 rings (SSSR count). The monoisotopic (exact) mass is 377 g/mol. The Hall–Kier alpha value is -0.643. The molecule has 0 saturated heterocycles. The Labute approximate surface area is 133 Å². The molecule has 0 aliphatic carbocycles. The van der Waals surface area contributed by atoms with E-state index in [-0.39, 0.29) is 0 Å². The van der Waals surface area contributed by atoms with Crippen LogP contribution < -0.4 is 8.17 Å². The van der Waals surface area contributed by atoms with Gasteiger partial charge in [-0.2, -0.15) is 0 Å². The van der Waals surface area contributed by atoms with Crippen LogP contribution in [-0.2, 0) is 0 Å². The second kappa shape index (κ2) is 5.78. The molecule has 0 N–H and O–H groups in total. The second-order valence-electron chi connectivity index (χ2n) is 4.97. The number of anilines is 2. The summed E-state index contributed by atoms with van der Waals surface area (Å²) in [6.07, 6.45) is 0. The molecule has 0 amide bonds. The fraction of sp³-hybridized carbons (Fsp3) is 0.250. The summed E-state index contributed by atoms with van der Waals surface area (Å²) in [6.45, 7) is 8.96. The van der Waals surface area contributed by atoms with Crippen molar-refractivity contribution in [1.82, 2.24) is 0 Å². The number of benzene rings is 2. The predicted molar refractivity (Wildman–Crippen MR) is 90.7 cm³/mol. The molecule has 2 aromatic rings. The summed E-state index contributed by atoms with van der Waals surface area (Å²) in [5, 5.41) is 0. The Morgan fingerprint density at radius 2 is 1.32 bits per heavy atom. The maximum atomic E-state index is 2.37. The third-order valence-corrected chi connectivity index (χ3v) is 6.63. The number of para-hydroxylation sites is 1. The third kappa shape index (κ3) is 2.64. The molecule has 0 spiro atoms. The van der Waals surface area contributed by atoms with Gasteiger partial charge in [0.25, 0.3) is 0 Å². The first-order chi connectivity index (χ1) is 8.95. The molecule has 2 atom stereocenters. The van der Waals surface area contributed by atoms with Crippen molar-refractivity contribution >= 4 is 49.7 Å². The van der Waals surface area contributed by atoms with Gasteiger partial charge in [-0.1, -0.05) is 0 Å². The molecule has 0 saturated carbocycles. The molecule has 19 heavy (non-hydrogen) atoms. The van der Waals surface area contributed by atoms with Crippen molar-refractivity contribution in [3.05, 3.63) is 52.6 Å². The van der Waals surface area contributed by atoms with E-state index in [2.05, 4.69) is 61.8 Å². The summed E-state index contributed by atoms with van der Waals surface area (Å²) < 4.78 is 3.83. The van der Waals surface area contributed by atoms with Gasteiger partial charge in [-0.3, -0.25) is 0 Å². The fourth-order valence-electron chi connectivity index (χ4n) is 2.35. The van der Waals surface area contributed by atoms with Gasteiger partial charge in [-0.15, -0.1) is 0 Å². The van der Waals surface area contributed by atoms with Crippen LogP contribution in [0.1, 0.15) is 22.3 Å². The van der Waals surface area contributed by atoms with Crippen LogP contribution in [0.3, 0.4) is 0 Å². The van der Waals surface area contributed by atoms with Gasteiger partial charge in [-0.05, 0) is 0 Å². The van der Waals surface area contributed by atoms with Crippen LogP contribution in [0.4, 0.5) is 11.4 Å². The van der Waals surface area contributed by atoms with Crippen molar-refractivity contribution in [3.8, 4) is 0 Å². The van der Waals surface area contributed by atoms with Gasteiger partial charge in [0.15, 0.2) is 0 Å². The standard InChI is InChI=1S/C16H21As2N/c1-10-11(2)13(4)16(15(17)12(10)3)19(18)14-8-6-5-7-9-14/h5-9H,17-18H2,1-4H3. The Bertz CT molecular complexity index is 577. The van der Waals surface area contributed by atoms with Gasteiger partial charge in [0, 0.05) is 0 Å². The molecule has 0 aromatic heterocycles. The molecule has 0 fully saturated rings. The van der Waals surface area contributed by atoms with Crippen LogP contribution >= 0.6 is 0 Å². The van der Waals surface area contributed by atoms with Crippen molar-refractivity contribution in [1.29, 1.82) is 0 Å².